The summed E-state index contributed by atoms with van der Waals surface area (Å²) < 4.78 is 0. The van der Waals surface area contributed by atoms with Crippen LogP contribution in [0.4, 0.5) is 11.4 Å². The molecule has 2 N–H and O–H groups in total. The van der Waals surface area contributed by atoms with Crippen LogP contribution in [0.25, 0.3) is 0 Å². The molecule has 3 aliphatic heterocycles. The Labute approximate surface area is 185 Å². The van der Waals surface area contributed by atoms with E-state index in [0.29, 0.717) is 18.2 Å². The Morgan fingerprint density at radius 2 is 1.58 bits per heavy atom. The molecular weight excluding hydrogens is 384 g/mol. The molecule has 0 aliphatic carbocycles. The quantitative estimate of drug-likeness (QED) is 0.775. The molecule has 1 fully saturated rings. The number of anilines is 2. The maximum atomic E-state index is 12.9. The molecule has 5 rings (SSSR count). The minimum Gasteiger partial charge on any atom is -0.372 e. The molecule has 3 aliphatic rings. The van der Waals surface area contributed by atoms with Crippen molar-refractivity contribution in [3.63, 3.8) is 0 Å². The number of carbonyl (C=O) groups is 1. The van der Waals surface area contributed by atoms with E-state index >= 15 is 0 Å². The molecule has 0 bridgehead atoms. The fourth-order valence-electron chi connectivity index (χ4n) is 5.22. The second-order valence-electron chi connectivity index (χ2n) is 8.83. The van der Waals surface area contributed by atoms with Crippen molar-refractivity contribution in [3.8, 4) is 0 Å². The summed E-state index contributed by atoms with van der Waals surface area (Å²) in [6.45, 7) is 3.45. The maximum absolute atomic E-state index is 12.9. The Morgan fingerprint density at radius 1 is 0.935 bits per heavy atom. The number of aryl methyl sites for hydroxylation is 2. The molecule has 162 valence electrons. The summed E-state index contributed by atoms with van der Waals surface area (Å²) in [5.41, 5.74) is 6.71. The summed E-state index contributed by atoms with van der Waals surface area (Å²) in [7, 11) is 0. The summed E-state index contributed by atoms with van der Waals surface area (Å²) >= 11 is 0. The molecule has 0 aromatic heterocycles. The van der Waals surface area contributed by atoms with Gasteiger partial charge in [-0.1, -0.05) is 36.4 Å². The van der Waals surface area contributed by atoms with Gasteiger partial charge in [-0.2, -0.15) is 0 Å². The van der Waals surface area contributed by atoms with Gasteiger partial charge in [0, 0.05) is 55.2 Å². The number of nitrogens with zero attached hydrogens (tertiary/aromatic N) is 2. The van der Waals surface area contributed by atoms with Crippen LogP contribution >= 0.6 is 0 Å². The number of hydrogen-bond acceptors (Lipinski definition) is 4. The predicted molar refractivity (Wildman–Crippen MR) is 125 cm³/mol. The summed E-state index contributed by atoms with van der Waals surface area (Å²) in [4.78, 5) is 17.4. The maximum Gasteiger partial charge on any atom is 0.222 e. The standard InChI is InChI=1S/C26H32N4O/c31-26(29-16-13-20(14-17-29)23-18-27-19-28-23)10-5-15-30-24-8-3-1-6-21(24)11-12-22-7-2-4-9-25(22)30/h1-4,6-9,18,20,27-28H,5,10-17,19H2. The van der Waals surface area contributed by atoms with Gasteiger partial charge in [0.1, 0.15) is 0 Å². The molecule has 5 heteroatoms. The number of fused-ring (bicyclic) bond motifs is 2. The van der Waals surface area contributed by atoms with Crippen molar-refractivity contribution >= 4 is 17.3 Å². The zero-order valence-corrected chi connectivity index (χ0v) is 18.1. The zero-order valence-electron chi connectivity index (χ0n) is 18.1. The molecule has 0 unspecified atom stereocenters. The molecule has 3 heterocycles. The van der Waals surface area contributed by atoms with Crippen LogP contribution in [0.5, 0.6) is 0 Å². The highest BCUT2D eigenvalue weighted by Gasteiger charge is 2.26. The van der Waals surface area contributed by atoms with Gasteiger partial charge in [-0.25, -0.2) is 0 Å². The van der Waals surface area contributed by atoms with E-state index in [1.165, 1.54) is 28.2 Å². The van der Waals surface area contributed by atoms with E-state index in [1.807, 2.05) is 0 Å². The van der Waals surface area contributed by atoms with Crippen LogP contribution in [0, 0.1) is 5.92 Å². The molecule has 0 spiro atoms. The fourth-order valence-corrected chi connectivity index (χ4v) is 5.22. The van der Waals surface area contributed by atoms with Crippen molar-refractivity contribution in [1.82, 2.24) is 15.5 Å². The van der Waals surface area contributed by atoms with Crippen LogP contribution in [0.2, 0.25) is 0 Å². The van der Waals surface area contributed by atoms with Crippen molar-refractivity contribution in [2.75, 3.05) is 31.2 Å². The molecule has 1 saturated heterocycles. The lowest BCUT2D eigenvalue weighted by atomic mass is 9.93. The predicted octanol–water partition coefficient (Wildman–Crippen LogP) is 3.93. The van der Waals surface area contributed by atoms with Gasteiger partial charge in [-0.05, 0) is 55.4 Å². The highest BCUT2D eigenvalue weighted by Crippen LogP contribution is 2.36. The van der Waals surface area contributed by atoms with Gasteiger partial charge < -0.3 is 20.4 Å². The lowest BCUT2D eigenvalue weighted by Gasteiger charge is -2.33. The number of hydrogen-bond donors (Lipinski definition) is 2. The molecule has 0 atom stereocenters. The highest BCUT2D eigenvalue weighted by molar-refractivity contribution is 5.76. The van der Waals surface area contributed by atoms with E-state index < -0.39 is 0 Å². The Kier molecular flexibility index (Phi) is 5.83. The lowest BCUT2D eigenvalue weighted by molar-refractivity contribution is -0.132. The minimum atomic E-state index is 0.307. The Hall–Kier alpha value is -2.95. The van der Waals surface area contributed by atoms with Crippen molar-refractivity contribution in [1.29, 1.82) is 0 Å². The monoisotopic (exact) mass is 416 g/mol. The number of amides is 1. The topological polar surface area (TPSA) is 47.6 Å². The van der Waals surface area contributed by atoms with Crippen LogP contribution in [-0.4, -0.2) is 37.1 Å². The third kappa shape index (κ3) is 4.27. The number of nitrogens with one attached hydrogen (secondary N) is 2. The average molecular weight is 417 g/mol. The second kappa shape index (κ2) is 9.04. The fraction of sp³-hybridized carbons (Fsp3) is 0.423. The Morgan fingerprint density at radius 3 is 2.19 bits per heavy atom. The Bertz CT molecular complexity index is 914. The van der Waals surface area contributed by atoms with Gasteiger partial charge in [0.05, 0.1) is 6.67 Å². The smallest absolute Gasteiger partial charge is 0.222 e. The Balaban J connectivity index is 1.20. The number of carbonyl (C=O) groups excluding carboxylic acids is 1. The molecule has 5 nitrogen and oxygen atoms in total. The number of piperidine rings is 1. The molecule has 1 amide bonds. The molecule has 0 saturated carbocycles. The molecule has 0 radical (unpaired) electrons. The summed E-state index contributed by atoms with van der Waals surface area (Å²) in [5, 5.41) is 6.63. The first-order chi connectivity index (χ1) is 15.3. The van der Waals surface area contributed by atoms with E-state index in [1.54, 1.807) is 0 Å². The molecule has 31 heavy (non-hydrogen) atoms. The third-order valence-corrected chi connectivity index (χ3v) is 6.94. The van der Waals surface area contributed by atoms with Gasteiger partial charge in [0.25, 0.3) is 0 Å². The van der Waals surface area contributed by atoms with Gasteiger partial charge >= 0.3 is 0 Å². The SMILES string of the molecule is O=C(CCCN1c2ccccc2CCc2ccccc21)N1CCC(C2=CNCN2)CC1. The van der Waals surface area contributed by atoms with Crippen molar-refractivity contribution < 1.29 is 4.79 Å². The van der Waals surface area contributed by atoms with Crippen LogP contribution in [-0.2, 0) is 17.6 Å². The number of benzene rings is 2. The largest absolute Gasteiger partial charge is 0.372 e. The number of para-hydroxylation sites is 2. The second-order valence-corrected chi connectivity index (χ2v) is 8.83. The molecule has 2 aromatic carbocycles. The van der Waals surface area contributed by atoms with Gasteiger partial charge in [-0.15, -0.1) is 0 Å². The van der Waals surface area contributed by atoms with Gasteiger partial charge in [-0.3, -0.25) is 4.79 Å². The third-order valence-electron chi connectivity index (χ3n) is 6.94. The van der Waals surface area contributed by atoms with Crippen molar-refractivity contribution in [3.05, 3.63) is 71.6 Å². The first kappa shape index (κ1) is 20.0. The van der Waals surface area contributed by atoms with E-state index in [0.717, 1.165) is 58.4 Å². The molecular formula is C26H32N4O. The van der Waals surface area contributed by atoms with Crippen LogP contribution in [0.3, 0.4) is 0 Å². The van der Waals surface area contributed by atoms with Crippen LogP contribution in [0.15, 0.2) is 60.4 Å². The number of rotatable bonds is 5. The normalized spacial score (nSPS) is 18.4. The van der Waals surface area contributed by atoms with E-state index in [4.69, 9.17) is 0 Å². The van der Waals surface area contributed by atoms with Crippen LogP contribution < -0.4 is 15.5 Å². The van der Waals surface area contributed by atoms with E-state index in [-0.39, 0.29) is 0 Å². The van der Waals surface area contributed by atoms with Crippen molar-refractivity contribution in [2.45, 2.75) is 38.5 Å². The first-order valence-electron chi connectivity index (χ1n) is 11.7. The van der Waals surface area contributed by atoms with E-state index in [2.05, 4.69) is 75.2 Å². The van der Waals surface area contributed by atoms with Crippen LogP contribution in [0.1, 0.15) is 36.8 Å². The summed E-state index contributed by atoms with van der Waals surface area (Å²) in [5.74, 6) is 0.866. The first-order valence-corrected chi connectivity index (χ1v) is 11.7. The minimum absolute atomic E-state index is 0.307. The summed E-state index contributed by atoms with van der Waals surface area (Å²) in [6, 6.07) is 17.5. The lowest BCUT2D eigenvalue weighted by Crippen LogP contribution is -2.40. The zero-order chi connectivity index (χ0) is 21.0. The number of allylic oxidation sites excluding steroid dienone is 1. The summed E-state index contributed by atoms with van der Waals surface area (Å²) in [6.07, 6.45) is 7.83. The van der Waals surface area contributed by atoms with Crippen molar-refractivity contribution in [2.24, 2.45) is 5.92 Å². The number of likely N-dealkylation sites (tertiary alicyclic amines) is 1. The van der Waals surface area contributed by atoms with Gasteiger partial charge in [0.2, 0.25) is 5.91 Å². The van der Waals surface area contributed by atoms with E-state index in [9.17, 15) is 4.79 Å². The average Bonchev–Trinajstić information content (AvgIpc) is 3.31. The highest BCUT2D eigenvalue weighted by atomic mass is 16.2. The van der Waals surface area contributed by atoms with Gasteiger partial charge in [0.15, 0.2) is 0 Å². The molecule has 2 aromatic rings.